The Balaban J connectivity index is 1.36. The molecule has 0 aromatic heterocycles. The van der Waals surface area contributed by atoms with Crippen LogP contribution in [0.3, 0.4) is 0 Å². The van der Waals surface area contributed by atoms with E-state index in [9.17, 15) is 19.5 Å². The van der Waals surface area contributed by atoms with Crippen LogP contribution in [0.25, 0.3) is 11.1 Å². The third kappa shape index (κ3) is 3.95. The van der Waals surface area contributed by atoms with Crippen LogP contribution in [0.5, 0.6) is 0 Å². The Morgan fingerprint density at radius 2 is 1.62 bits per heavy atom. The second-order valence-electron chi connectivity index (χ2n) is 8.93. The molecule has 0 heterocycles. The molecule has 2 aromatic carbocycles. The molecule has 32 heavy (non-hydrogen) atoms. The molecule has 0 aliphatic heterocycles. The Bertz CT molecular complexity index is 1020. The average molecular weight is 437 g/mol. The summed E-state index contributed by atoms with van der Waals surface area (Å²) in [6, 6.07) is 16.2. The lowest BCUT2D eigenvalue weighted by atomic mass is 9.87. The zero-order valence-electron chi connectivity index (χ0n) is 18.3. The van der Waals surface area contributed by atoms with E-state index in [0.29, 0.717) is 19.3 Å². The SMILES string of the molecule is CCC(C)(CNC(=O)C1(NC(=O)OCC2c3ccccc3-c3ccccc32)CC1)C(=O)O. The zero-order chi connectivity index (χ0) is 22.9. The second-order valence-corrected chi connectivity index (χ2v) is 8.93. The highest BCUT2D eigenvalue weighted by atomic mass is 16.5. The van der Waals surface area contributed by atoms with E-state index in [4.69, 9.17) is 4.74 Å². The highest BCUT2D eigenvalue weighted by Crippen LogP contribution is 2.44. The summed E-state index contributed by atoms with van der Waals surface area (Å²) in [5.41, 5.74) is 2.46. The van der Waals surface area contributed by atoms with Crippen LogP contribution < -0.4 is 10.6 Å². The number of fused-ring (bicyclic) bond motifs is 3. The molecule has 1 saturated carbocycles. The maximum Gasteiger partial charge on any atom is 0.408 e. The van der Waals surface area contributed by atoms with Gasteiger partial charge in [0.15, 0.2) is 0 Å². The number of carbonyl (C=O) groups is 3. The Kier molecular flexibility index (Phi) is 5.67. The molecule has 1 atom stereocenters. The summed E-state index contributed by atoms with van der Waals surface area (Å²) >= 11 is 0. The van der Waals surface area contributed by atoms with Crippen LogP contribution in [0.1, 0.15) is 50.2 Å². The quantitative estimate of drug-likeness (QED) is 0.586. The number of aliphatic carboxylic acids is 1. The van der Waals surface area contributed by atoms with Gasteiger partial charge in [-0.05, 0) is 48.4 Å². The van der Waals surface area contributed by atoms with Crippen molar-refractivity contribution in [1.29, 1.82) is 0 Å². The van der Waals surface area contributed by atoms with E-state index in [1.165, 1.54) is 0 Å². The van der Waals surface area contributed by atoms with Gasteiger partial charge >= 0.3 is 12.1 Å². The van der Waals surface area contributed by atoms with Crippen LogP contribution in [0.15, 0.2) is 48.5 Å². The van der Waals surface area contributed by atoms with E-state index in [1.54, 1.807) is 13.8 Å². The number of carbonyl (C=O) groups excluding carboxylic acids is 2. The topological polar surface area (TPSA) is 105 Å². The number of carboxylic acid groups (broad SMARTS) is 1. The molecule has 4 rings (SSSR count). The fourth-order valence-electron chi connectivity index (χ4n) is 4.16. The number of hydrogen-bond acceptors (Lipinski definition) is 4. The molecule has 2 aliphatic carbocycles. The number of alkyl carbamates (subject to hydrolysis) is 1. The fourth-order valence-corrected chi connectivity index (χ4v) is 4.16. The van der Waals surface area contributed by atoms with Gasteiger partial charge < -0.3 is 20.5 Å². The van der Waals surface area contributed by atoms with Crippen LogP contribution in [0.2, 0.25) is 0 Å². The average Bonchev–Trinajstić information content (AvgIpc) is 3.51. The molecule has 1 fully saturated rings. The van der Waals surface area contributed by atoms with Crippen LogP contribution in [-0.4, -0.2) is 41.8 Å². The van der Waals surface area contributed by atoms with Gasteiger partial charge in [-0.3, -0.25) is 9.59 Å². The second kappa shape index (κ2) is 8.30. The lowest BCUT2D eigenvalue weighted by Crippen LogP contribution is -2.52. The predicted molar refractivity (Wildman–Crippen MR) is 119 cm³/mol. The molecule has 0 saturated heterocycles. The van der Waals surface area contributed by atoms with Crippen LogP contribution in [0.4, 0.5) is 4.79 Å². The first kappa shape index (κ1) is 21.9. The van der Waals surface area contributed by atoms with E-state index in [0.717, 1.165) is 22.3 Å². The molecule has 2 aromatic rings. The number of carboxylic acids is 1. The first-order valence-electron chi connectivity index (χ1n) is 10.9. The molecule has 0 spiro atoms. The van der Waals surface area contributed by atoms with Crippen molar-refractivity contribution in [3.8, 4) is 11.1 Å². The molecule has 168 valence electrons. The molecular formula is C25H28N2O5. The van der Waals surface area contributed by atoms with Gasteiger partial charge in [0.1, 0.15) is 12.1 Å². The van der Waals surface area contributed by atoms with E-state index in [2.05, 4.69) is 22.8 Å². The van der Waals surface area contributed by atoms with Crippen molar-refractivity contribution >= 4 is 18.0 Å². The van der Waals surface area contributed by atoms with Crippen molar-refractivity contribution < 1.29 is 24.2 Å². The first-order chi connectivity index (χ1) is 15.3. The van der Waals surface area contributed by atoms with Crippen LogP contribution in [0, 0.1) is 5.41 Å². The summed E-state index contributed by atoms with van der Waals surface area (Å²) in [7, 11) is 0. The third-order valence-corrected chi connectivity index (χ3v) is 6.81. The Morgan fingerprint density at radius 3 is 2.12 bits per heavy atom. The fraction of sp³-hybridized carbons (Fsp3) is 0.400. The van der Waals surface area contributed by atoms with Gasteiger partial charge in [0.25, 0.3) is 0 Å². The minimum Gasteiger partial charge on any atom is -0.481 e. The van der Waals surface area contributed by atoms with Crippen molar-refractivity contribution in [2.45, 2.75) is 44.6 Å². The van der Waals surface area contributed by atoms with Gasteiger partial charge in [0.2, 0.25) is 5.91 Å². The minimum atomic E-state index is -1.05. The normalized spacial score (nSPS) is 17.4. The van der Waals surface area contributed by atoms with E-state index in [1.807, 2.05) is 36.4 Å². The maximum absolute atomic E-state index is 12.7. The van der Waals surface area contributed by atoms with Crippen molar-refractivity contribution in [1.82, 2.24) is 10.6 Å². The lowest BCUT2D eigenvalue weighted by Gasteiger charge is -2.25. The Morgan fingerprint density at radius 1 is 1.06 bits per heavy atom. The first-order valence-corrected chi connectivity index (χ1v) is 10.9. The van der Waals surface area contributed by atoms with Gasteiger partial charge in [0, 0.05) is 12.5 Å². The number of benzene rings is 2. The molecule has 2 amide bonds. The maximum atomic E-state index is 12.7. The Hall–Kier alpha value is -3.35. The largest absolute Gasteiger partial charge is 0.481 e. The zero-order valence-corrected chi connectivity index (χ0v) is 18.3. The monoisotopic (exact) mass is 436 g/mol. The number of rotatable bonds is 8. The summed E-state index contributed by atoms with van der Waals surface area (Å²) in [5.74, 6) is -1.39. The number of hydrogen-bond donors (Lipinski definition) is 3. The highest BCUT2D eigenvalue weighted by molar-refractivity contribution is 5.93. The third-order valence-electron chi connectivity index (χ3n) is 6.81. The molecular weight excluding hydrogens is 408 g/mol. The van der Waals surface area contributed by atoms with E-state index in [-0.39, 0.29) is 25.0 Å². The van der Waals surface area contributed by atoms with Gasteiger partial charge in [-0.25, -0.2) is 4.79 Å². The summed E-state index contributed by atoms with van der Waals surface area (Å²) < 4.78 is 5.55. The summed E-state index contributed by atoms with van der Waals surface area (Å²) in [6.07, 6.45) is 0.740. The van der Waals surface area contributed by atoms with Crippen LogP contribution >= 0.6 is 0 Å². The summed E-state index contributed by atoms with van der Waals surface area (Å²) in [5, 5.41) is 14.8. The molecule has 0 radical (unpaired) electrons. The molecule has 0 bridgehead atoms. The molecule has 7 nitrogen and oxygen atoms in total. The summed E-state index contributed by atoms with van der Waals surface area (Å²) in [6.45, 7) is 3.53. The summed E-state index contributed by atoms with van der Waals surface area (Å²) in [4.78, 5) is 36.7. The molecule has 2 aliphatic rings. The minimum absolute atomic E-state index is 0.00574. The van der Waals surface area contributed by atoms with Crippen molar-refractivity contribution in [2.75, 3.05) is 13.2 Å². The van der Waals surface area contributed by atoms with E-state index < -0.39 is 23.0 Å². The molecule has 7 heteroatoms. The van der Waals surface area contributed by atoms with Crippen molar-refractivity contribution in [3.63, 3.8) is 0 Å². The number of ether oxygens (including phenoxy) is 1. The number of amides is 2. The molecule has 1 unspecified atom stereocenters. The standard InChI is InChI=1S/C25H28N2O5/c1-3-24(2,22(29)30)15-26-21(28)25(12-13-25)27-23(31)32-14-20-18-10-6-4-8-16(18)17-9-5-7-11-19(17)20/h4-11,20H,3,12-15H2,1-2H3,(H,26,28)(H,27,31)(H,29,30). The number of nitrogens with one attached hydrogen (secondary N) is 2. The van der Waals surface area contributed by atoms with Crippen molar-refractivity contribution in [2.24, 2.45) is 5.41 Å². The van der Waals surface area contributed by atoms with Crippen LogP contribution in [-0.2, 0) is 14.3 Å². The smallest absolute Gasteiger partial charge is 0.408 e. The molecule has 3 N–H and O–H groups in total. The van der Waals surface area contributed by atoms with Gasteiger partial charge in [-0.2, -0.15) is 0 Å². The Labute approximate surface area is 187 Å². The van der Waals surface area contributed by atoms with Gasteiger partial charge in [0.05, 0.1) is 5.41 Å². The predicted octanol–water partition coefficient (Wildman–Crippen LogP) is 3.67. The highest BCUT2D eigenvalue weighted by Gasteiger charge is 2.52. The lowest BCUT2D eigenvalue weighted by molar-refractivity contribution is -0.148. The van der Waals surface area contributed by atoms with Gasteiger partial charge in [-0.1, -0.05) is 55.5 Å². The van der Waals surface area contributed by atoms with Gasteiger partial charge in [-0.15, -0.1) is 0 Å². The van der Waals surface area contributed by atoms with E-state index >= 15 is 0 Å². The van der Waals surface area contributed by atoms with Crippen molar-refractivity contribution in [3.05, 3.63) is 59.7 Å².